The first kappa shape index (κ1) is 16.8. The van der Waals surface area contributed by atoms with Gasteiger partial charge in [-0.15, -0.1) is 0 Å². The summed E-state index contributed by atoms with van der Waals surface area (Å²) in [6.07, 6.45) is 4.02. The molecule has 0 saturated carbocycles. The Morgan fingerprint density at radius 3 is 2.96 bits per heavy atom. The van der Waals surface area contributed by atoms with Crippen LogP contribution in [0.5, 0.6) is 0 Å². The number of urea groups is 1. The lowest BCUT2D eigenvalue weighted by atomic mass is 9.91. The van der Waals surface area contributed by atoms with Gasteiger partial charge in [-0.25, -0.2) is 4.79 Å². The summed E-state index contributed by atoms with van der Waals surface area (Å²) in [5.41, 5.74) is 1.67. The van der Waals surface area contributed by atoms with Crippen LogP contribution in [0, 0.1) is 5.92 Å². The molecule has 130 valence electrons. The normalized spacial score (nSPS) is 21.5. The Balaban J connectivity index is 1.77. The number of carbonyl (C=O) groups excluding carboxylic acids is 1. The van der Waals surface area contributed by atoms with Gasteiger partial charge in [0.05, 0.1) is 18.2 Å². The van der Waals surface area contributed by atoms with E-state index in [1.165, 1.54) is 0 Å². The Hall–Kier alpha value is -2.08. The van der Waals surface area contributed by atoms with Crippen LogP contribution in [0.2, 0.25) is 0 Å². The van der Waals surface area contributed by atoms with E-state index in [1.54, 1.807) is 4.90 Å². The molecule has 24 heavy (non-hydrogen) atoms. The highest BCUT2D eigenvalue weighted by atomic mass is 16.3. The highest BCUT2D eigenvalue weighted by Crippen LogP contribution is 2.25. The fourth-order valence-electron chi connectivity index (χ4n) is 3.36. The number of aromatic nitrogens is 2. The van der Waals surface area contributed by atoms with Gasteiger partial charge >= 0.3 is 6.03 Å². The van der Waals surface area contributed by atoms with E-state index in [9.17, 15) is 9.90 Å². The predicted octanol–water partition coefficient (Wildman–Crippen LogP) is 3.24. The van der Waals surface area contributed by atoms with E-state index in [0.29, 0.717) is 18.5 Å². The van der Waals surface area contributed by atoms with E-state index in [0.717, 1.165) is 29.4 Å². The number of aliphatic hydroxyl groups is 1. The van der Waals surface area contributed by atoms with Crippen LogP contribution >= 0.6 is 0 Å². The van der Waals surface area contributed by atoms with Crippen LogP contribution in [0.1, 0.15) is 39.7 Å². The van der Waals surface area contributed by atoms with Gasteiger partial charge in [0.2, 0.25) is 0 Å². The molecule has 0 aliphatic carbocycles. The van der Waals surface area contributed by atoms with Crippen molar-refractivity contribution >= 4 is 22.6 Å². The molecule has 0 bridgehead atoms. The number of benzene rings is 1. The number of anilines is 1. The van der Waals surface area contributed by atoms with Gasteiger partial charge in [-0.1, -0.05) is 6.92 Å². The monoisotopic (exact) mass is 330 g/mol. The van der Waals surface area contributed by atoms with E-state index < -0.39 is 0 Å². The van der Waals surface area contributed by atoms with Crippen LogP contribution in [0.25, 0.3) is 10.9 Å². The summed E-state index contributed by atoms with van der Waals surface area (Å²) in [6.45, 7) is 6.96. The second kappa shape index (κ2) is 6.81. The first-order chi connectivity index (χ1) is 11.5. The summed E-state index contributed by atoms with van der Waals surface area (Å²) in [4.78, 5) is 14.4. The van der Waals surface area contributed by atoms with Gasteiger partial charge in [0.15, 0.2) is 0 Å². The largest absolute Gasteiger partial charge is 0.394 e. The lowest BCUT2D eigenvalue weighted by Gasteiger charge is -2.38. The maximum absolute atomic E-state index is 12.6. The van der Waals surface area contributed by atoms with Gasteiger partial charge in [0.25, 0.3) is 0 Å². The minimum absolute atomic E-state index is 0.00871. The number of likely N-dealkylation sites (tertiary alicyclic amines) is 1. The second-order valence-electron chi connectivity index (χ2n) is 6.97. The lowest BCUT2D eigenvalue weighted by Crippen LogP contribution is -2.51. The number of amides is 2. The van der Waals surface area contributed by atoms with Gasteiger partial charge in [-0.05, 0) is 50.8 Å². The Bertz CT molecular complexity index is 725. The van der Waals surface area contributed by atoms with Crippen molar-refractivity contribution in [1.29, 1.82) is 0 Å². The molecule has 2 heterocycles. The minimum Gasteiger partial charge on any atom is -0.394 e. The van der Waals surface area contributed by atoms with Crippen LogP contribution < -0.4 is 5.32 Å². The first-order valence-corrected chi connectivity index (χ1v) is 8.67. The van der Waals surface area contributed by atoms with Crippen molar-refractivity contribution in [3.05, 3.63) is 24.4 Å². The third-order valence-electron chi connectivity index (χ3n) is 4.87. The van der Waals surface area contributed by atoms with Gasteiger partial charge in [-0.2, -0.15) is 5.10 Å². The molecule has 1 aromatic carbocycles. The lowest BCUT2D eigenvalue weighted by molar-refractivity contribution is 0.0811. The van der Waals surface area contributed by atoms with Crippen LogP contribution in [-0.4, -0.2) is 45.0 Å². The maximum atomic E-state index is 12.6. The molecule has 0 unspecified atom stereocenters. The number of aliphatic hydroxyl groups excluding tert-OH is 1. The molecule has 6 nitrogen and oxygen atoms in total. The number of hydrogen-bond donors (Lipinski definition) is 2. The summed E-state index contributed by atoms with van der Waals surface area (Å²) in [5.74, 6) is 0.321. The second-order valence-corrected chi connectivity index (χ2v) is 6.97. The number of fused-ring (bicyclic) bond motifs is 1. The summed E-state index contributed by atoms with van der Waals surface area (Å²) in [6, 6.07) is 5.80. The van der Waals surface area contributed by atoms with Crippen molar-refractivity contribution in [3.63, 3.8) is 0 Å². The standard InChI is InChI=1S/C18H26N4O2/c1-12(2)22-10-14-9-15(6-7-16(14)20-22)19-18(24)21-8-4-5-13(3)17(21)11-23/h6-7,9-10,12-13,17,23H,4-5,8,11H2,1-3H3,(H,19,24)/t13-,17-/m0/s1. The Kier molecular flexibility index (Phi) is 4.76. The van der Waals surface area contributed by atoms with Gasteiger partial charge in [0, 0.05) is 29.9 Å². The molecule has 1 fully saturated rings. The third-order valence-corrected chi connectivity index (χ3v) is 4.87. The van der Waals surface area contributed by atoms with Crippen molar-refractivity contribution in [1.82, 2.24) is 14.7 Å². The SMILES string of the molecule is CC(C)n1cc2cc(NC(=O)N3CCC[C@H](C)[C@@H]3CO)ccc2n1. The van der Waals surface area contributed by atoms with Crippen LogP contribution in [-0.2, 0) is 0 Å². The Morgan fingerprint density at radius 1 is 1.46 bits per heavy atom. The van der Waals surface area contributed by atoms with E-state index in [2.05, 4.69) is 31.2 Å². The van der Waals surface area contributed by atoms with E-state index in [4.69, 9.17) is 0 Å². The number of carbonyl (C=O) groups is 1. The Morgan fingerprint density at radius 2 is 2.25 bits per heavy atom. The predicted molar refractivity (Wildman–Crippen MR) is 95.1 cm³/mol. The molecule has 1 aliphatic heterocycles. The molecule has 1 aromatic heterocycles. The van der Waals surface area contributed by atoms with Crippen molar-refractivity contribution in [2.45, 2.75) is 45.7 Å². The molecular formula is C18H26N4O2. The summed E-state index contributed by atoms with van der Waals surface area (Å²) >= 11 is 0. The third kappa shape index (κ3) is 3.24. The van der Waals surface area contributed by atoms with Crippen LogP contribution in [0.15, 0.2) is 24.4 Å². The average molecular weight is 330 g/mol. The molecule has 3 rings (SSSR count). The van der Waals surface area contributed by atoms with Crippen molar-refractivity contribution < 1.29 is 9.90 Å². The van der Waals surface area contributed by atoms with E-state index in [-0.39, 0.29) is 18.7 Å². The zero-order valence-electron chi connectivity index (χ0n) is 14.6. The van der Waals surface area contributed by atoms with E-state index in [1.807, 2.05) is 29.1 Å². The number of hydrogen-bond acceptors (Lipinski definition) is 3. The number of rotatable bonds is 3. The zero-order valence-corrected chi connectivity index (χ0v) is 14.6. The number of piperidine rings is 1. The summed E-state index contributed by atoms with van der Waals surface area (Å²) in [5, 5.41) is 18.1. The van der Waals surface area contributed by atoms with Gasteiger partial charge in [0.1, 0.15) is 0 Å². The maximum Gasteiger partial charge on any atom is 0.322 e. The molecule has 1 aliphatic rings. The fourth-order valence-corrected chi connectivity index (χ4v) is 3.36. The molecule has 1 saturated heterocycles. The highest BCUT2D eigenvalue weighted by Gasteiger charge is 2.31. The molecule has 2 N–H and O–H groups in total. The van der Waals surface area contributed by atoms with Crippen LogP contribution in [0.3, 0.4) is 0 Å². The van der Waals surface area contributed by atoms with Crippen molar-refractivity contribution in [2.24, 2.45) is 5.92 Å². The van der Waals surface area contributed by atoms with Crippen molar-refractivity contribution in [2.75, 3.05) is 18.5 Å². The van der Waals surface area contributed by atoms with Gasteiger partial charge < -0.3 is 15.3 Å². The number of nitrogens with one attached hydrogen (secondary N) is 1. The first-order valence-electron chi connectivity index (χ1n) is 8.67. The zero-order chi connectivity index (χ0) is 17.3. The minimum atomic E-state index is -0.142. The molecule has 2 aromatic rings. The Labute approximate surface area is 142 Å². The summed E-state index contributed by atoms with van der Waals surface area (Å²) in [7, 11) is 0. The average Bonchev–Trinajstić information content (AvgIpc) is 2.98. The number of nitrogens with zero attached hydrogens (tertiary/aromatic N) is 3. The topological polar surface area (TPSA) is 70.4 Å². The molecule has 2 amide bonds. The van der Waals surface area contributed by atoms with Crippen LogP contribution in [0.4, 0.5) is 10.5 Å². The molecule has 6 heteroatoms. The van der Waals surface area contributed by atoms with E-state index >= 15 is 0 Å². The van der Waals surface area contributed by atoms with Crippen molar-refractivity contribution in [3.8, 4) is 0 Å². The molecule has 2 atom stereocenters. The fraction of sp³-hybridized carbons (Fsp3) is 0.556. The van der Waals surface area contributed by atoms with Gasteiger partial charge in [-0.3, -0.25) is 4.68 Å². The quantitative estimate of drug-likeness (QED) is 0.907. The highest BCUT2D eigenvalue weighted by molar-refractivity contribution is 5.92. The molecular weight excluding hydrogens is 304 g/mol. The summed E-state index contributed by atoms with van der Waals surface area (Å²) < 4.78 is 1.92. The smallest absolute Gasteiger partial charge is 0.322 e. The molecule has 0 spiro atoms. The molecule has 0 radical (unpaired) electrons.